The van der Waals surface area contributed by atoms with Gasteiger partial charge in [0.2, 0.25) is 0 Å². The van der Waals surface area contributed by atoms with Gasteiger partial charge in [-0.05, 0) is 192 Å². The Kier molecular flexibility index (Phi) is 20.8. The van der Waals surface area contributed by atoms with E-state index >= 15 is 0 Å². The predicted octanol–water partition coefficient (Wildman–Crippen LogP) is 35.9. The average Bonchev–Trinajstić information content (AvgIpc) is 1.53. The average molecular weight is 1930 g/mol. The molecule has 698 valence electrons. The minimum Gasteiger partial charge on any atom is -0.456 e. The molecule has 0 radical (unpaired) electrons. The molecule has 23 aromatic carbocycles. The second-order valence-electron chi connectivity index (χ2n) is 38.3. The lowest BCUT2D eigenvalue weighted by Crippen LogP contribution is -2.28. The molecule has 0 unspecified atom stereocenters. The minimum atomic E-state index is -0.542. The van der Waals surface area contributed by atoms with Gasteiger partial charge in [-0.3, -0.25) is 0 Å². The van der Waals surface area contributed by atoms with Crippen LogP contribution < -0.4 is 0 Å². The van der Waals surface area contributed by atoms with Gasteiger partial charge in [0.15, 0.2) is 52.4 Å². The lowest BCUT2D eigenvalue weighted by atomic mass is 9.67. The predicted molar refractivity (Wildman–Crippen MR) is 616 cm³/mol. The van der Waals surface area contributed by atoms with E-state index in [1.807, 2.05) is 96.3 Å². The fourth-order valence-corrected chi connectivity index (χ4v) is 24.3. The van der Waals surface area contributed by atoms with E-state index in [-0.39, 0.29) is 0 Å². The Morgan fingerprint density at radius 1 is 0.160 bits per heavy atom. The molecule has 29 aromatic rings. The van der Waals surface area contributed by atoms with Crippen LogP contribution in [-0.4, -0.2) is 44.9 Å². The number of hydrogen-bond donors (Lipinski definition) is 0. The lowest BCUT2D eigenvalue weighted by molar-refractivity contribution is 0.669. The van der Waals surface area contributed by atoms with Crippen LogP contribution in [0.25, 0.3) is 276 Å². The van der Waals surface area contributed by atoms with Gasteiger partial charge in [0.1, 0.15) is 22.3 Å². The van der Waals surface area contributed by atoms with Crippen LogP contribution in [0.4, 0.5) is 0 Å². The van der Waals surface area contributed by atoms with Crippen molar-refractivity contribution in [2.24, 2.45) is 0 Å². The summed E-state index contributed by atoms with van der Waals surface area (Å²) >= 11 is 1.85. The number of furan rings is 2. The van der Waals surface area contributed by atoms with Crippen LogP contribution in [0, 0.1) is 0 Å². The number of thiophene rings is 1. The van der Waals surface area contributed by atoms with Crippen molar-refractivity contribution in [1.29, 1.82) is 0 Å². The highest BCUT2D eigenvalue weighted by Gasteiger charge is 2.47. The molecule has 0 bridgehead atoms. The van der Waals surface area contributed by atoms with Crippen molar-refractivity contribution >= 4 is 129 Å². The molecule has 0 atom stereocenters. The third-order valence-corrected chi connectivity index (χ3v) is 30.9. The zero-order chi connectivity index (χ0) is 98.9. The quantitative estimate of drug-likeness (QED) is 0.109. The largest absolute Gasteiger partial charge is 0.456 e. The van der Waals surface area contributed by atoms with Crippen LogP contribution in [0.1, 0.15) is 22.3 Å². The monoisotopic (exact) mass is 1930 g/mol. The van der Waals surface area contributed by atoms with E-state index in [2.05, 4.69) is 419 Å². The second-order valence-corrected chi connectivity index (χ2v) is 39.3. The van der Waals surface area contributed by atoms with Gasteiger partial charge in [-0.15, -0.1) is 11.3 Å². The van der Waals surface area contributed by atoms with E-state index < -0.39 is 5.41 Å². The molecular weight excluding hydrogens is 1850 g/mol. The number of fused-ring (bicyclic) bond motifs is 19. The van der Waals surface area contributed by atoms with E-state index in [4.69, 9.17) is 53.7 Å². The maximum atomic E-state index is 6.49. The van der Waals surface area contributed by atoms with Gasteiger partial charge < -0.3 is 8.83 Å². The SMILES string of the molecule is c1ccc(-c2ccc3cc(-c4nc(-c5ccccc5)nc(-c5cccc(-c6c7ccccc7cc7sc8ccccc8c67)c5)n4)ccc3c2)cc1.c1ccc(-c2nc(-c3ccc4c5c(cccc35)-c3ccccc3-4)nc(-c3c4ccccc4cc4oc5ccccc5c34)n2)cc1.c1ccc(-c2nc(-c3cccc4c3-c3ccccc3C4(c3ccccc3)c3ccccc3)nc(-c3c4ccccc4cc4oc5ccccc5c34)n2)cc1. The maximum absolute atomic E-state index is 6.49. The Hall–Kier alpha value is -19.8. The van der Waals surface area contributed by atoms with E-state index in [1.54, 1.807) is 0 Å². The number of aromatic nitrogens is 9. The molecular formula is C138H83N9O2S. The molecule has 6 heterocycles. The van der Waals surface area contributed by atoms with E-state index in [0.717, 1.165) is 137 Å². The van der Waals surface area contributed by atoms with E-state index in [0.29, 0.717) is 52.4 Å². The molecule has 6 aromatic heterocycles. The number of hydrogen-bond acceptors (Lipinski definition) is 12. The maximum Gasteiger partial charge on any atom is 0.165 e. The first-order valence-corrected chi connectivity index (χ1v) is 51.3. The summed E-state index contributed by atoms with van der Waals surface area (Å²) in [5.74, 6) is 5.69. The Bertz CT molecular complexity index is 10400. The molecule has 12 heteroatoms. The zero-order valence-electron chi connectivity index (χ0n) is 80.7. The normalized spacial score (nSPS) is 12.2. The topological polar surface area (TPSA) is 142 Å². The van der Waals surface area contributed by atoms with Gasteiger partial charge >= 0.3 is 0 Å². The molecule has 31 rings (SSSR count). The van der Waals surface area contributed by atoms with Crippen molar-refractivity contribution in [3.05, 3.63) is 526 Å². The smallest absolute Gasteiger partial charge is 0.165 e. The van der Waals surface area contributed by atoms with Gasteiger partial charge in [-0.1, -0.05) is 443 Å². The summed E-state index contributed by atoms with van der Waals surface area (Å²) in [6, 6.07) is 177. The standard InChI is InChI=1S/C50H31N3O.C47H29N3S.C41H23N3O/c1-4-17-32(18-5-1)47-51-48(53-49(52-47)46-36-24-11-10-19-33(36)31-43-45(46)38-26-13-15-30-42(38)54-43)39-27-16-29-41-44(39)37-25-12-14-28-40(37)50(41,34-20-6-2-7-21-34)35-22-8-3-9-23-35;1-3-12-30(13-4-1)32-22-23-34-27-38(25-24-33(34)26-32)47-49-45(31-14-5-2-6-15-31)48-46(50-47)37-18-11-17-36(28-37)43-39-19-8-7-16-35(39)29-42-44(43)40-20-9-10-21-41(40)51-42;1-2-11-24(12-3-1)39-42-40(32-22-21-31-28-16-7-6-15-27(28)29-18-10-19-30(32)36(29)31)44-41(43-39)38-26-14-5-4-13-25(26)23-35-37(38)33-17-8-9-20-34(33)45-35/h1-31H;1-29H;1-23H. The molecule has 0 spiro atoms. The number of benzene rings is 23. The van der Waals surface area contributed by atoms with Gasteiger partial charge in [0.25, 0.3) is 0 Å². The molecule has 0 aliphatic heterocycles. The van der Waals surface area contributed by atoms with Gasteiger partial charge in [-0.2, -0.15) is 0 Å². The van der Waals surface area contributed by atoms with Crippen molar-refractivity contribution < 1.29 is 8.83 Å². The first kappa shape index (κ1) is 86.8. The van der Waals surface area contributed by atoms with Gasteiger partial charge in [0, 0.05) is 91.8 Å². The Balaban J connectivity index is 0.000000106. The summed E-state index contributed by atoms with van der Waals surface area (Å²) in [4.78, 5) is 47.0. The minimum absolute atomic E-state index is 0.542. The molecule has 2 aliphatic carbocycles. The molecule has 0 saturated heterocycles. The van der Waals surface area contributed by atoms with Crippen LogP contribution in [-0.2, 0) is 5.41 Å². The first-order chi connectivity index (χ1) is 74.3. The summed E-state index contributed by atoms with van der Waals surface area (Å²) in [5, 5.41) is 18.1. The number of rotatable bonds is 13. The van der Waals surface area contributed by atoms with Crippen LogP contribution in [0.2, 0.25) is 0 Å². The van der Waals surface area contributed by atoms with Crippen molar-refractivity contribution in [1.82, 2.24) is 44.9 Å². The van der Waals surface area contributed by atoms with Gasteiger partial charge in [0.05, 0.1) is 5.41 Å². The van der Waals surface area contributed by atoms with Crippen molar-refractivity contribution in [3.63, 3.8) is 0 Å². The molecule has 0 saturated carbocycles. The van der Waals surface area contributed by atoms with Crippen LogP contribution in [0.15, 0.2) is 512 Å². The summed E-state index contributed by atoms with van der Waals surface area (Å²) in [5.41, 5.74) is 28.3. The molecule has 0 N–H and O–H groups in total. The Morgan fingerprint density at radius 2 is 0.520 bits per heavy atom. The van der Waals surface area contributed by atoms with E-state index in [9.17, 15) is 0 Å². The molecule has 2 aliphatic rings. The molecule has 150 heavy (non-hydrogen) atoms. The highest BCUT2D eigenvalue weighted by atomic mass is 32.1. The third-order valence-electron chi connectivity index (χ3n) is 29.7. The fourth-order valence-electron chi connectivity index (χ4n) is 23.1. The van der Waals surface area contributed by atoms with Crippen molar-refractivity contribution in [3.8, 4) is 158 Å². The first-order valence-electron chi connectivity index (χ1n) is 50.5. The fraction of sp³-hybridized carbons (Fsp3) is 0.00725. The van der Waals surface area contributed by atoms with Crippen LogP contribution >= 0.6 is 11.3 Å². The lowest BCUT2D eigenvalue weighted by Gasteiger charge is -2.33. The summed E-state index contributed by atoms with van der Waals surface area (Å²) < 4.78 is 15.5. The van der Waals surface area contributed by atoms with Crippen molar-refractivity contribution in [2.75, 3.05) is 0 Å². The Morgan fingerprint density at radius 3 is 1.09 bits per heavy atom. The number of nitrogens with zero attached hydrogens (tertiary/aromatic N) is 9. The summed E-state index contributed by atoms with van der Waals surface area (Å²) in [7, 11) is 0. The molecule has 11 nitrogen and oxygen atoms in total. The highest BCUT2D eigenvalue weighted by Crippen LogP contribution is 2.60. The summed E-state index contributed by atoms with van der Waals surface area (Å²) in [6.07, 6.45) is 0. The number of para-hydroxylation sites is 2. The van der Waals surface area contributed by atoms with E-state index in [1.165, 1.54) is 108 Å². The second kappa shape index (κ2) is 35.9. The van der Waals surface area contributed by atoms with Crippen LogP contribution in [0.5, 0.6) is 0 Å². The van der Waals surface area contributed by atoms with Crippen molar-refractivity contribution in [2.45, 2.75) is 5.41 Å². The highest BCUT2D eigenvalue weighted by molar-refractivity contribution is 7.26. The van der Waals surface area contributed by atoms with Crippen LogP contribution in [0.3, 0.4) is 0 Å². The summed E-state index contributed by atoms with van der Waals surface area (Å²) in [6.45, 7) is 0. The third kappa shape index (κ3) is 14.6. The molecule has 0 fully saturated rings. The zero-order valence-corrected chi connectivity index (χ0v) is 81.5. The Labute approximate surface area is 865 Å². The molecule has 0 amide bonds. The van der Waals surface area contributed by atoms with Gasteiger partial charge in [-0.25, -0.2) is 44.9 Å².